The molecule has 0 aliphatic carbocycles. The van der Waals surface area contributed by atoms with E-state index in [4.69, 9.17) is 0 Å². The monoisotopic (exact) mass is 144 g/mol. The van der Waals surface area contributed by atoms with Gasteiger partial charge in [0, 0.05) is 12.4 Å². The van der Waals surface area contributed by atoms with Crippen molar-refractivity contribution in [2.75, 3.05) is 0 Å². The molecule has 0 radical (unpaired) electrons. The van der Waals surface area contributed by atoms with E-state index in [2.05, 4.69) is 0 Å². The highest BCUT2D eigenvalue weighted by Crippen LogP contribution is 1.97. The molecule has 3 nitrogen and oxygen atoms in total. The average molecular weight is 144 g/mol. The van der Waals surface area contributed by atoms with E-state index in [0.29, 0.717) is 0 Å². The van der Waals surface area contributed by atoms with Crippen LogP contribution in [0.4, 0.5) is 0 Å². The Hall–Kier alpha value is -0.610. The summed E-state index contributed by atoms with van der Waals surface area (Å²) in [5.74, 6) is 0. The number of aryl methyl sites for hydroxylation is 1. The predicted octanol–water partition coefficient (Wildman–Crippen LogP) is 0.439. The van der Waals surface area contributed by atoms with Crippen LogP contribution in [0.15, 0.2) is 18.5 Å². The molecule has 4 heteroatoms. The summed E-state index contributed by atoms with van der Waals surface area (Å²) in [7, 11) is 0. The highest BCUT2D eigenvalue weighted by atomic mass is 32.2. The molecular formula is C5H6NO2S-. The Morgan fingerprint density at radius 2 is 2.44 bits per heavy atom. The maximum Gasteiger partial charge on any atom is 0.0512 e. The van der Waals surface area contributed by atoms with Gasteiger partial charge in [-0.3, -0.25) is 8.18 Å². The van der Waals surface area contributed by atoms with Crippen molar-refractivity contribution < 1.29 is 8.76 Å². The maximum atomic E-state index is 10.2. The summed E-state index contributed by atoms with van der Waals surface area (Å²) >= 11 is -2.14. The van der Waals surface area contributed by atoms with E-state index in [1.165, 1.54) is 6.20 Å². The second-order valence-electron chi connectivity index (χ2n) is 1.77. The van der Waals surface area contributed by atoms with Gasteiger partial charge in [0.2, 0.25) is 0 Å². The lowest BCUT2D eigenvalue weighted by Gasteiger charge is -2.03. The van der Waals surface area contributed by atoms with Crippen LogP contribution in [0.2, 0.25) is 0 Å². The Morgan fingerprint density at radius 1 is 1.78 bits per heavy atom. The summed E-state index contributed by atoms with van der Waals surface area (Å²) in [4.78, 5) is 0. The molecule has 0 aromatic carbocycles. The van der Waals surface area contributed by atoms with Crippen molar-refractivity contribution in [1.82, 2.24) is 3.97 Å². The molecule has 1 atom stereocenters. The van der Waals surface area contributed by atoms with Gasteiger partial charge < -0.3 is 4.55 Å². The van der Waals surface area contributed by atoms with Crippen molar-refractivity contribution in [2.45, 2.75) is 6.92 Å². The number of rotatable bonds is 1. The standard InChI is InChI=1S/C5H7NO2S/c1-5-2-3-6(4-5)9(7)8/h2-4H,1H3,(H,7,8)/p-1. The average Bonchev–Trinajstić information content (AvgIpc) is 2.14. The minimum atomic E-state index is -2.14. The second kappa shape index (κ2) is 2.33. The van der Waals surface area contributed by atoms with E-state index in [9.17, 15) is 8.76 Å². The van der Waals surface area contributed by atoms with Gasteiger partial charge >= 0.3 is 0 Å². The quantitative estimate of drug-likeness (QED) is 0.537. The fourth-order valence-corrected chi connectivity index (χ4v) is 0.983. The third-order valence-electron chi connectivity index (χ3n) is 0.987. The molecule has 0 amide bonds. The van der Waals surface area contributed by atoms with Gasteiger partial charge in [-0.2, -0.15) is 0 Å². The summed E-state index contributed by atoms with van der Waals surface area (Å²) < 4.78 is 21.5. The first kappa shape index (κ1) is 6.51. The van der Waals surface area contributed by atoms with Gasteiger partial charge in [0.25, 0.3) is 0 Å². The maximum absolute atomic E-state index is 10.2. The van der Waals surface area contributed by atoms with Gasteiger partial charge in [0.05, 0.1) is 11.3 Å². The zero-order valence-electron chi connectivity index (χ0n) is 4.90. The van der Waals surface area contributed by atoms with Crippen molar-refractivity contribution in [2.24, 2.45) is 0 Å². The molecule has 0 saturated heterocycles. The number of hydrogen-bond acceptors (Lipinski definition) is 2. The zero-order valence-corrected chi connectivity index (χ0v) is 5.72. The topological polar surface area (TPSA) is 45.1 Å². The molecule has 1 aromatic rings. The second-order valence-corrected chi connectivity index (χ2v) is 2.62. The summed E-state index contributed by atoms with van der Waals surface area (Å²) in [5, 5.41) is 0. The van der Waals surface area contributed by atoms with Crippen molar-refractivity contribution in [1.29, 1.82) is 0 Å². The number of aromatic nitrogens is 1. The SMILES string of the molecule is Cc1ccn(S(=O)[O-])c1. The van der Waals surface area contributed by atoms with Crippen LogP contribution in [0.5, 0.6) is 0 Å². The zero-order chi connectivity index (χ0) is 6.85. The highest BCUT2D eigenvalue weighted by Gasteiger charge is 1.87. The van der Waals surface area contributed by atoms with Crippen molar-refractivity contribution in [3.63, 3.8) is 0 Å². The smallest absolute Gasteiger partial charge is 0.0512 e. The van der Waals surface area contributed by atoms with Gasteiger partial charge in [-0.05, 0) is 18.6 Å². The van der Waals surface area contributed by atoms with E-state index in [1.54, 1.807) is 12.3 Å². The first-order valence-electron chi connectivity index (χ1n) is 2.44. The third kappa shape index (κ3) is 1.40. The van der Waals surface area contributed by atoms with Crippen molar-refractivity contribution >= 4 is 11.3 Å². The van der Waals surface area contributed by atoms with Gasteiger partial charge in [0.15, 0.2) is 0 Å². The summed E-state index contributed by atoms with van der Waals surface area (Å²) in [6.45, 7) is 1.84. The normalized spacial score (nSPS) is 13.6. The lowest BCUT2D eigenvalue weighted by atomic mass is 10.4. The Bertz CT molecular complexity index is 231. The molecule has 0 aliphatic heterocycles. The molecule has 0 saturated carbocycles. The van der Waals surface area contributed by atoms with E-state index in [1.807, 2.05) is 6.92 Å². The summed E-state index contributed by atoms with van der Waals surface area (Å²) in [5.41, 5.74) is 0.944. The van der Waals surface area contributed by atoms with Gasteiger partial charge in [0.1, 0.15) is 0 Å². The molecule has 1 heterocycles. The Labute approximate surface area is 55.7 Å². The lowest BCUT2D eigenvalue weighted by Crippen LogP contribution is -1.98. The van der Waals surface area contributed by atoms with Crippen LogP contribution in [0.3, 0.4) is 0 Å². The van der Waals surface area contributed by atoms with Crippen molar-refractivity contribution in [3.8, 4) is 0 Å². The highest BCUT2D eigenvalue weighted by molar-refractivity contribution is 7.77. The molecule has 0 N–H and O–H groups in total. The van der Waals surface area contributed by atoms with E-state index in [-0.39, 0.29) is 0 Å². The fourth-order valence-electron chi connectivity index (χ4n) is 0.571. The molecule has 0 aliphatic rings. The van der Waals surface area contributed by atoms with Crippen LogP contribution in [-0.4, -0.2) is 12.7 Å². The molecule has 0 fully saturated rings. The predicted molar refractivity (Wildman–Crippen MR) is 33.5 cm³/mol. The first-order valence-corrected chi connectivity index (χ1v) is 3.47. The van der Waals surface area contributed by atoms with Gasteiger partial charge in [-0.15, -0.1) is 0 Å². The van der Waals surface area contributed by atoms with Crippen molar-refractivity contribution in [3.05, 3.63) is 24.0 Å². The molecule has 9 heavy (non-hydrogen) atoms. The Morgan fingerprint density at radius 3 is 2.67 bits per heavy atom. The van der Waals surface area contributed by atoms with Gasteiger partial charge in [-0.25, -0.2) is 0 Å². The van der Waals surface area contributed by atoms with Gasteiger partial charge in [-0.1, -0.05) is 0 Å². The van der Waals surface area contributed by atoms with E-state index < -0.39 is 11.3 Å². The molecule has 50 valence electrons. The van der Waals surface area contributed by atoms with E-state index >= 15 is 0 Å². The number of nitrogens with zero attached hydrogens (tertiary/aromatic N) is 1. The number of hydrogen-bond donors (Lipinski definition) is 0. The molecule has 0 spiro atoms. The van der Waals surface area contributed by atoms with Crippen LogP contribution >= 0.6 is 0 Å². The summed E-state index contributed by atoms with van der Waals surface area (Å²) in [6, 6.07) is 1.73. The molecular weight excluding hydrogens is 138 g/mol. The Kier molecular flexibility index (Phi) is 1.68. The minimum absolute atomic E-state index is 0.944. The lowest BCUT2D eigenvalue weighted by molar-refractivity contribution is 0.528. The van der Waals surface area contributed by atoms with Crippen LogP contribution in [0.25, 0.3) is 0 Å². The van der Waals surface area contributed by atoms with Crippen LogP contribution in [0.1, 0.15) is 5.56 Å². The third-order valence-corrected chi connectivity index (χ3v) is 1.56. The first-order chi connectivity index (χ1) is 4.20. The minimum Gasteiger partial charge on any atom is -0.755 e. The largest absolute Gasteiger partial charge is 0.755 e. The summed E-state index contributed by atoms with van der Waals surface area (Å²) in [6.07, 6.45) is 3.04. The molecule has 1 unspecified atom stereocenters. The van der Waals surface area contributed by atoms with Crippen LogP contribution in [0, 0.1) is 6.92 Å². The fraction of sp³-hybridized carbons (Fsp3) is 0.200. The molecule has 1 aromatic heterocycles. The van der Waals surface area contributed by atoms with Crippen LogP contribution in [-0.2, 0) is 11.3 Å². The van der Waals surface area contributed by atoms with E-state index in [0.717, 1.165) is 9.54 Å². The molecule has 0 bridgehead atoms. The van der Waals surface area contributed by atoms with Crippen LogP contribution < -0.4 is 0 Å². The Balaban J connectivity index is 2.98. The molecule has 1 rings (SSSR count).